The third-order valence-corrected chi connectivity index (χ3v) is 4.31. The largest absolute Gasteiger partial charge is 0.374 e. The summed E-state index contributed by atoms with van der Waals surface area (Å²) in [6, 6.07) is 2.08. The van der Waals surface area contributed by atoms with Crippen LogP contribution in [0.25, 0.3) is 0 Å². The van der Waals surface area contributed by atoms with Gasteiger partial charge in [-0.15, -0.1) is 0 Å². The molecule has 22 heavy (non-hydrogen) atoms. The summed E-state index contributed by atoms with van der Waals surface area (Å²) >= 11 is 0. The molecule has 0 bridgehead atoms. The van der Waals surface area contributed by atoms with Gasteiger partial charge in [-0.3, -0.25) is 9.69 Å². The molecular formula is C15H26N6O. The van der Waals surface area contributed by atoms with Crippen LogP contribution in [0.15, 0.2) is 11.8 Å². The van der Waals surface area contributed by atoms with E-state index in [-0.39, 0.29) is 11.5 Å². The van der Waals surface area contributed by atoms with E-state index >= 15 is 0 Å². The average molecular weight is 306 g/mol. The molecule has 122 valence electrons. The maximum Gasteiger partial charge on any atom is 0.266 e. The van der Waals surface area contributed by atoms with E-state index in [1.54, 1.807) is 11.1 Å². The van der Waals surface area contributed by atoms with Crippen molar-refractivity contribution in [1.29, 1.82) is 5.26 Å². The van der Waals surface area contributed by atoms with Crippen molar-refractivity contribution in [2.45, 2.75) is 0 Å². The molecule has 0 saturated carbocycles. The molecule has 7 nitrogen and oxygen atoms in total. The quantitative estimate of drug-likeness (QED) is 0.516. The van der Waals surface area contributed by atoms with Crippen molar-refractivity contribution >= 4 is 5.91 Å². The number of nitrogens with two attached hydrogens (primary N) is 1. The van der Waals surface area contributed by atoms with Crippen molar-refractivity contribution < 1.29 is 4.79 Å². The van der Waals surface area contributed by atoms with Gasteiger partial charge in [0.1, 0.15) is 11.6 Å². The van der Waals surface area contributed by atoms with E-state index in [1.165, 1.54) is 0 Å². The molecule has 1 amide bonds. The van der Waals surface area contributed by atoms with E-state index in [9.17, 15) is 10.1 Å². The number of amides is 1. The molecule has 0 spiro atoms. The summed E-state index contributed by atoms with van der Waals surface area (Å²) in [5.41, 5.74) is 5.80. The topological polar surface area (TPSA) is 79.8 Å². The third-order valence-electron chi connectivity index (χ3n) is 4.31. The van der Waals surface area contributed by atoms with Gasteiger partial charge < -0.3 is 20.4 Å². The molecule has 2 saturated heterocycles. The number of nitriles is 1. The molecule has 0 radical (unpaired) electrons. The van der Waals surface area contributed by atoms with Gasteiger partial charge in [-0.05, 0) is 7.05 Å². The van der Waals surface area contributed by atoms with Gasteiger partial charge in [0.25, 0.3) is 5.91 Å². The van der Waals surface area contributed by atoms with E-state index in [2.05, 4.69) is 27.8 Å². The lowest BCUT2D eigenvalue weighted by Crippen LogP contribution is -2.50. The lowest BCUT2D eigenvalue weighted by atomic mass is 10.2. The Kier molecular flexibility index (Phi) is 6.19. The molecule has 2 aliphatic rings. The van der Waals surface area contributed by atoms with Crippen LogP contribution in [0, 0.1) is 11.3 Å². The number of carbonyl (C=O) groups is 1. The highest BCUT2D eigenvalue weighted by Crippen LogP contribution is 2.09. The number of nitrogens with zero attached hydrogens (tertiary/aromatic N) is 5. The molecule has 2 heterocycles. The maximum absolute atomic E-state index is 12.5. The van der Waals surface area contributed by atoms with Crippen molar-refractivity contribution in [3.63, 3.8) is 0 Å². The molecule has 0 aromatic carbocycles. The standard InChI is InChI=1S/C15H26N6O/c1-18-4-6-20(7-5-18)13-14(12-17)15(22)21-10-8-19(3-2-16)9-11-21/h13H,2-11,16H2,1H3/b14-13-. The van der Waals surface area contributed by atoms with Gasteiger partial charge in [0.15, 0.2) is 0 Å². The zero-order valence-corrected chi connectivity index (χ0v) is 13.4. The van der Waals surface area contributed by atoms with Crippen LogP contribution in [0.3, 0.4) is 0 Å². The van der Waals surface area contributed by atoms with Gasteiger partial charge in [-0.1, -0.05) is 0 Å². The molecule has 0 aromatic rings. The number of likely N-dealkylation sites (N-methyl/N-ethyl adjacent to an activating group) is 1. The van der Waals surface area contributed by atoms with Gasteiger partial charge in [-0.25, -0.2) is 0 Å². The minimum atomic E-state index is -0.145. The van der Waals surface area contributed by atoms with Gasteiger partial charge in [0.05, 0.1) is 0 Å². The summed E-state index contributed by atoms with van der Waals surface area (Å²) in [5, 5.41) is 9.32. The van der Waals surface area contributed by atoms with Gasteiger partial charge >= 0.3 is 0 Å². The van der Waals surface area contributed by atoms with Gasteiger partial charge in [0, 0.05) is 71.6 Å². The van der Waals surface area contributed by atoms with Crippen molar-refractivity contribution in [2.75, 3.05) is 72.5 Å². The lowest BCUT2D eigenvalue weighted by Gasteiger charge is -2.35. The Morgan fingerprint density at radius 3 is 2.32 bits per heavy atom. The first-order valence-electron chi connectivity index (χ1n) is 7.90. The summed E-state index contributed by atoms with van der Waals surface area (Å²) < 4.78 is 0. The zero-order chi connectivity index (χ0) is 15.9. The van der Waals surface area contributed by atoms with E-state index in [1.807, 2.05) is 0 Å². The Hall–Kier alpha value is -1.62. The molecule has 0 unspecified atom stereocenters. The Labute approximate surface area is 132 Å². The minimum absolute atomic E-state index is 0.145. The second-order valence-electron chi connectivity index (χ2n) is 5.92. The monoisotopic (exact) mass is 306 g/mol. The van der Waals surface area contributed by atoms with Crippen LogP contribution >= 0.6 is 0 Å². The Morgan fingerprint density at radius 2 is 1.77 bits per heavy atom. The fraction of sp³-hybridized carbons (Fsp3) is 0.733. The van der Waals surface area contributed by atoms with Crippen LogP contribution in [0.5, 0.6) is 0 Å². The van der Waals surface area contributed by atoms with Crippen LogP contribution < -0.4 is 5.73 Å². The highest BCUT2D eigenvalue weighted by atomic mass is 16.2. The Morgan fingerprint density at radius 1 is 1.14 bits per heavy atom. The Balaban J connectivity index is 1.91. The van der Waals surface area contributed by atoms with E-state index < -0.39 is 0 Å². The molecule has 2 aliphatic heterocycles. The van der Waals surface area contributed by atoms with E-state index in [0.29, 0.717) is 19.6 Å². The fourth-order valence-electron chi connectivity index (χ4n) is 2.79. The normalized spacial score (nSPS) is 21.8. The van der Waals surface area contributed by atoms with Crippen molar-refractivity contribution in [2.24, 2.45) is 5.73 Å². The Bertz CT molecular complexity index is 441. The van der Waals surface area contributed by atoms with Crippen LogP contribution in [0.2, 0.25) is 0 Å². The first-order chi connectivity index (χ1) is 10.6. The summed E-state index contributed by atoms with van der Waals surface area (Å²) in [4.78, 5) is 20.8. The number of rotatable bonds is 4. The fourth-order valence-corrected chi connectivity index (χ4v) is 2.79. The molecular weight excluding hydrogens is 280 g/mol. The zero-order valence-electron chi connectivity index (χ0n) is 13.4. The third kappa shape index (κ3) is 4.44. The lowest BCUT2D eigenvalue weighted by molar-refractivity contribution is -0.128. The molecule has 0 atom stereocenters. The second-order valence-corrected chi connectivity index (χ2v) is 5.92. The number of piperazine rings is 2. The van der Waals surface area contributed by atoms with Crippen molar-refractivity contribution in [1.82, 2.24) is 19.6 Å². The number of hydrogen-bond donors (Lipinski definition) is 1. The second kappa shape index (κ2) is 8.13. The van der Waals surface area contributed by atoms with Gasteiger partial charge in [-0.2, -0.15) is 5.26 Å². The van der Waals surface area contributed by atoms with Crippen molar-refractivity contribution in [3.8, 4) is 6.07 Å². The highest BCUT2D eigenvalue weighted by molar-refractivity contribution is 5.97. The predicted molar refractivity (Wildman–Crippen MR) is 84.8 cm³/mol. The molecule has 2 rings (SSSR count). The predicted octanol–water partition coefficient (Wildman–Crippen LogP) is -1.26. The van der Waals surface area contributed by atoms with E-state index in [0.717, 1.165) is 45.8 Å². The summed E-state index contributed by atoms with van der Waals surface area (Å²) in [6.07, 6.45) is 1.74. The first kappa shape index (κ1) is 16.7. The molecule has 7 heteroatoms. The van der Waals surface area contributed by atoms with Crippen molar-refractivity contribution in [3.05, 3.63) is 11.8 Å². The summed E-state index contributed by atoms with van der Waals surface area (Å²) in [5.74, 6) is -0.145. The molecule has 0 aromatic heterocycles. The number of hydrogen-bond acceptors (Lipinski definition) is 6. The summed E-state index contributed by atoms with van der Waals surface area (Å²) in [6.45, 7) is 8.14. The van der Waals surface area contributed by atoms with Crippen LogP contribution in [0.1, 0.15) is 0 Å². The maximum atomic E-state index is 12.5. The molecule has 2 fully saturated rings. The molecule has 2 N–H and O–H groups in total. The SMILES string of the molecule is CN1CCN(/C=C(/C#N)C(=O)N2CCN(CCN)CC2)CC1. The smallest absolute Gasteiger partial charge is 0.266 e. The highest BCUT2D eigenvalue weighted by Gasteiger charge is 2.24. The molecule has 0 aliphatic carbocycles. The van der Waals surface area contributed by atoms with Gasteiger partial charge in [0.2, 0.25) is 0 Å². The van der Waals surface area contributed by atoms with Crippen LogP contribution in [-0.4, -0.2) is 98.0 Å². The van der Waals surface area contributed by atoms with Crippen LogP contribution in [0.4, 0.5) is 0 Å². The average Bonchev–Trinajstić information content (AvgIpc) is 2.55. The van der Waals surface area contributed by atoms with E-state index in [4.69, 9.17) is 5.73 Å². The first-order valence-corrected chi connectivity index (χ1v) is 7.90. The van der Waals surface area contributed by atoms with Crippen LogP contribution in [-0.2, 0) is 4.79 Å². The number of carbonyl (C=O) groups excluding carboxylic acids is 1. The minimum Gasteiger partial charge on any atom is -0.374 e. The summed E-state index contributed by atoms with van der Waals surface area (Å²) in [7, 11) is 2.08.